The van der Waals surface area contributed by atoms with Gasteiger partial charge < -0.3 is 9.47 Å². The summed E-state index contributed by atoms with van der Waals surface area (Å²) in [5, 5.41) is 2.04. The average molecular weight is 350 g/mol. The largest absolute Gasteiger partial charge is 0.493 e. The Bertz CT molecular complexity index is 1010. The van der Waals surface area contributed by atoms with Crippen LogP contribution in [0.5, 0.6) is 11.5 Å². The van der Waals surface area contributed by atoms with Crippen molar-refractivity contribution >= 4 is 16.3 Å². The van der Waals surface area contributed by atoms with Gasteiger partial charge in [0.2, 0.25) is 0 Å². The number of aromatic nitrogens is 2. The first-order valence-electron chi connectivity index (χ1n) is 8.03. The normalized spacial score (nSPS) is 11.0. The van der Waals surface area contributed by atoms with Gasteiger partial charge in [0.25, 0.3) is 0 Å². The Kier molecular flexibility index (Phi) is 4.15. The first-order chi connectivity index (χ1) is 12.3. The van der Waals surface area contributed by atoms with Crippen molar-refractivity contribution in [1.82, 2.24) is 9.38 Å². The minimum atomic E-state index is 0.510. The molecule has 0 aliphatic rings. The smallest absolute Gasteiger partial charge is 0.194 e. The predicted octanol–water partition coefficient (Wildman–Crippen LogP) is 4.96. The number of benzene rings is 2. The third kappa shape index (κ3) is 2.98. The zero-order valence-electron chi connectivity index (χ0n) is 14.1. The Morgan fingerprint density at radius 1 is 1.08 bits per heavy atom. The summed E-state index contributed by atoms with van der Waals surface area (Å²) in [6.07, 6.45) is 2.04. The van der Waals surface area contributed by atoms with Crippen molar-refractivity contribution in [3.8, 4) is 22.8 Å². The third-order valence-electron chi connectivity index (χ3n) is 4.18. The van der Waals surface area contributed by atoms with Crippen LogP contribution in [-0.4, -0.2) is 16.5 Å². The van der Waals surface area contributed by atoms with Gasteiger partial charge in [-0.3, -0.25) is 4.40 Å². The molecule has 0 aliphatic heterocycles. The third-order valence-corrected chi connectivity index (χ3v) is 4.93. The Morgan fingerprint density at radius 2 is 1.92 bits per heavy atom. The fraction of sp³-hybridized carbons (Fsp3) is 0.150. The molecule has 0 aliphatic carbocycles. The quantitative estimate of drug-likeness (QED) is 0.510. The molecule has 0 unspecified atom stereocenters. The van der Waals surface area contributed by atoms with Gasteiger partial charge >= 0.3 is 0 Å². The van der Waals surface area contributed by atoms with E-state index in [1.54, 1.807) is 18.4 Å². The molecule has 2 heterocycles. The molecule has 5 heteroatoms. The van der Waals surface area contributed by atoms with Gasteiger partial charge in [0.1, 0.15) is 6.61 Å². The number of fused-ring (bicyclic) bond motifs is 1. The lowest BCUT2D eigenvalue weighted by Crippen LogP contribution is -1.98. The van der Waals surface area contributed by atoms with Crippen molar-refractivity contribution < 1.29 is 9.47 Å². The van der Waals surface area contributed by atoms with Gasteiger partial charge in [0.15, 0.2) is 16.5 Å². The Morgan fingerprint density at radius 3 is 2.68 bits per heavy atom. The Hall–Kier alpha value is -2.79. The van der Waals surface area contributed by atoms with Crippen molar-refractivity contribution in [2.24, 2.45) is 0 Å². The minimum absolute atomic E-state index is 0.510. The maximum Gasteiger partial charge on any atom is 0.194 e. The highest BCUT2D eigenvalue weighted by Gasteiger charge is 2.14. The zero-order valence-corrected chi connectivity index (χ0v) is 14.9. The van der Waals surface area contributed by atoms with Crippen molar-refractivity contribution in [1.29, 1.82) is 0 Å². The number of thiazole rings is 1. The van der Waals surface area contributed by atoms with Gasteiger partial charge in [0, 0.05) is 22.8 Å². The number of hydrogen-bond acceptors (Lipinski definition) is 4. The first-order valence-corrected chi connectivity index (χ1v) is 8.91. The van der Waals surface area contributed by atoms with E-state index >= 15 is 0 Å². The number of methoxy groups -OCH3 is 1. The minimum Gasteiger partial charge on any atom is -0.493 e. The molecule has 0 saturated carbocycles. The molecule has 0 amide bonds. The summed E-state index contributed by atoms with van der Waals surface area (Å²) >= 11 is 1.63. The van der Waals surface area contributed by atoms with E-state index in [1.807, 2.05) is 60.1 Å². The van der Waals surface area contributed by atoms with Crippen LogP contribution in [0.1, 0.15) is 11.3 Å². The van der Waals surface area contributed by atoms with Crippen LogP contribution in [0.15, 0.2) is 60.1 Å². The Labute approximate surface area is 150 Å². The molecule has 2 aromatic heterocycles. The van der Waals surface area contributed by atoms with E-state index in [9.17, 15) is 0 Å². The lowest BCUT2D eigenvalue weighted by atomic mass is 10.1. The summed E-state index contributed by atoms with van der Waals surface area (Å²) in [5.74, 6) is 1.44. The molecule has 0 bridgehead atoms. The van der Waals surface area contributed by atoms with Crippen LogP contribution in [0.3, 0.4) is 0 Å². The summed E-state index contributed by atoms with van der Waals surface area (Å²) in [6, 6.07) is 16.1. The molecule has 0 radical (unpaired) electrons. The van der Waals surface area contributed by atoms with Crippen molar-refractivity contribution in [2.75, 3.05) is 7.11 Å². The summed E-state index contributed by atoms with van der Waals surface area (Å²) in [4.78, 5) is 5.72. The maximum atomic E-state index is 5.93. The van der Waals surface area contributed by atoms with Crippen molar-refractivity contribution in [3.05, 3.63) is 71.4 Å². The number of aryl methyl sites for hydroxylation is 1. The average Bonchev–Trinajstić information content (AvgIpc) is 3.24. The van der Waals surface area contributed by atoms with Gasteiger partial charge in [-0.25, -0.2) is 4.98 Å². The monoisotopic (exact) mass is 350 g/mol. The summed E-state index contributed by atoms with van der Waals surface area (Å²) in [7, 11) is 1.66. The number of rotatable bonds is 5. The van der Waals surface area contributed by atoms with Gasteiger partial charge in [-0.1, -0.05) is 30.3 Å². The van der Waals surface area contributed by atoms with Crippen LogP contribution in [0, 0.1) is 6.92 Å². The second-order valence-corrected chi connectivity index (χ2v) is 6.61. The molecular formula is C20H18N2O2S. The number of nitrogens with zero attached hydrogens (tertiary/aromatic N) is 2. The summed E-state index contributed by atoms with van der Waals surface area (Å²) in [5.41, 5.74) is 4.24. The summed E-state index contributed by atoms with van der Waals surface area (Å²) in [6.45, 7) is 2.59. The van der Waals surface area contributed by atoms with E-state index in [-0.39, 0.29) is 0 Å². The molecule has 4 nitrogen and oxygen atoms in total. The molecule has 4 rings (SSSR count). The highest BCUT2D eigenvalue weighted by molar-refractivity contribution is 7.15. The van der Waals surface area contributed by atoms with E-state index in [2.05, 4.69) is 11.3 Å². The molecule has 126 valence electrons. The van der Waals surface area contributed by atoms with Crippen LogP contribution in [-0.2, 0) is 6.61 Å². The molecule has 25 heavy (non-hydrogen) atoms. The van der Waals surface area contributed by atoms with Gasteiger partial charge in [-0.15, -0.1) is 11.3 Å². The van der Waals surface area contributed by atoms with Crippen molar-refractivity contribution in [3.63, 3.8) is 0 Å². The highest BCUT2D eigenvalue weighted by Crippen LogP contribution is 2.34. The molecule has 0 atom stereocenters. The van der Waals surface area contributed by atoms with E-state index < -0.39 is 0 Å². The van der Waals surface area contributed by atoms with Crippen LogP contribution < -0.4 is 9.47 Å². The molecule has 4 aromatic rings. The molecule has 0 N–H and O–H groups in total. The maximum absolute atomic E-state index is 5.93. The standard InChI is InChI=1S/C20H18N2O2S/c1-14-19(21-20-22(14)10-11-25-20)16-8-9-17(18(12-16)23-2)24-13-15-6-4-3-5-7-15/h3-12H,13H2,1-2H3. The molecule has 2 aromatic carbocycles. The van der Waals surface area contributed by atoms with Gasteiger partial charge in [0.05, 0.1) is 12.8 Å². The lowest BCUT2D eigenvalue weighted by Gasteiger charge is -2.12. The van der Waals surface area contributed by atoms with Crippen LogP contribution in [0.2, 0.25) is 0 Å². The zero-order chi connectivity index (χ0) is 17.2. The first kappa shape index (κ1) is 15.7. The molecule has 0 fully saturated rings. The molecular weight excluding hydrogens is 332 g/mol. The second-order valence-electron chi connectivity index (χ2n) is 5.74. The lowest BCUT2D eigenvalue weighted by molar-refractivity contribution is 0.284. The number of imidazole rings is 1. The fourth-order valence-corrected chi connectivity index (χ4v) is 3.60. The predicted molar refractivity (Wildman–Crippen MR) is 101 cm³/mol. The topological polar surface area (TPSA) is 35.8 Å². The summed E-state index contributed by atoms with van der Waals surface area (Å²) < 4.78 is 13.6. The van der Waals surface area contributed by atoms with Gasteiger partial charge in [-0.2, -0.15) is 0 Å². The second kappa shape index (κ2) is 6.61. The van der Waals surface area contributed by atoms with E-state index in [4.69, 9.17) is 14.5 Å². The van der Waals surface area contributed by atoms with E-state index in [0.29, 0.717) is 12.4 Å². The van der Waals surface area contributed by atoms with Crippen LogP contribution in [0.4, 0.5) is 0 Å². The Balaban J connectivity index is 1.63. The SMILES string of the molecule is COc1cc(-c2nc3sccn3c2C)ccc1OCc1ccccc1. The fourth-order valence-electron chi connectivity index (χ4n) is 2.84. The van der Waals surface area contributed by atoms with E-state index in [1.165, 1.54) is 0 Å². The van der Waals surface area contributed by atoms with Crippen molar-refractivity contribution in [2.45, 2.75) is 13.5 Å². The molecule has 0 saturated heterocycles. The van der Waals surface area contributed by atoms with E-state index in [0.717, 1.165) is 33.2 Å². The van der Waals surface area contributed by atoms with Gasteiger partial charge in [-0.05, 0) is 30.7 Å². The van der Waals surface area contributed by atoms with Crippen LogP contribution in [0.25, 0.3) is 16.2 Å². The van der Waals surface area contributed by atoms with Crippen LogP contribution >= 0.6 is 11.3 Å². The number of ether oxygens (including phenoxy) is 2. The molecule has 0 spiro atoms. The number of hydrogen-bond donors (Lipinski definition) is 0. The highest BCUT2D eigenvalue weighted by atomic mass is 32.1.